The van der Waals surface area contributed by atoms with Crippen LogP contribution < -0.4 is 5.32 Å². The van der Waals surface area contributed by atoms with E-state index >= 15 is 0 Å². The molecule has 0 saturated heterocycles. The summed E-state index contributed by atoms with van der Waals surface area (Å²) in [5.74, 6) is -0.0472. The molecule has 1 aromatic carbocycles. The second-order valence-electron chi connectivity index (χ2n) is 6.22. The zero-order chi connectivity index (χ0) is 16.8. The smallest absolute Gasteiger partial charge is 0.222 e. The predicted octanol–water partition coefficient (Wildman–Crippen LogP) is 1.80. The number of carbonyl (C=O) groups excluding carboxylic acids is 2. The van der Waals surface area contributed by atoms with E-state index in [2.05, 4.69) is 11.4 Å². The van der Waals surface area contributed by atoms with Crippen molar-refractivity contribution in [2.24, 2.45) is 0 Å². The van der Waals surface area contributed by atoms with Crippen molar-refractivity contribution < 1.29 is 14.7 Å². The van der Waals surface area contributed by atoms with Gasteiger partial charge < -0.3 is 15.3 Å². The van der Waals surface area contributed by atoms with Crippen molar-refractivity contribution >= 4 is 11.8 Å². The minimum Gasteiger partial charge on any atom is -0.396 e. The van der Waals surface area contributed by atoms with Crippen LogP contribution in [-0.2, 0) is 16.0 Å². The van der Waals surface area contributed by atoms with Crippen LogP contribution in [0.1, 0.15) is 50.3 Å². The van der Waals surface area contributed by atoms with Gasteiger partial charge in [0.1, 0.15) is 0 Å². The molecule has 0 bridgehead atoms. The Morgan fingerprint density at radius 3 is 2.83 bits per heavy atom. The van der Waals surface area contributed by atoms with Crippen LogP contribution in [0.15, 0.2) is 24.3 Å². The number of hydrogen-bond donors (Lipinski definition) is 2. The number of amides is 2. The number of aliphatic hydroxyl groups is 1. The van der Waals surface area contributed by atoms with E-state index in [9.17, 15) is 9.59 Å². The third kappa shape index (κ3) is 4.55. The molecule has 23 heavy (non-hydrogen) atoms. The number of rotatable bonds is 6. The molecule has 2 rings (SSSR count). The Labute approximate surface area is 137 Å². The van der Waals surface area contributed by atoms with E-state index in [-0.39, 0.29) is 36.9 Å². The molecule has 2 unspecified atom stereocenters. The fraction of sp³-hybridized carbons (Fsp3) is 0.556. The second-order valence-corrected chi connectivity index (χ2v) is 6.22. The van der Waals surface area contributed by atoms with Crippen LogP contribution in [-0.4, -0.2) is 41.0 Å². The molecule has 1 aliphatic heterocycles. The van der Waals surface area contributed by atoms with E-state index in [4.69, 9.17) is 5.11 Å². The maximum absolute atomic E-state index is 12.4. The third-order valence-electron chi connectivity index (χ3n) is 4.40. The highest BCUT2D eigenvalue weighted by Gasteiger charge is 2.30. The quantitative estimate of drug-likeness (QED) is 0.840. The van der Waals surface area contributed by atoms with Crippen LogP contribution in [0.5, 0.6) is 0 Å². The van der Waals surface area contributed by atoms with Gasteiger partial charge in [0.15, 0.2) is 0 Å². The molecule has 1 aliphatic rings. The highest BCUT2D eigenvalue weighted by Crippen LogP contribution is 2.32. The van der Waals surface area contributed by atoms with Gasteiger partial charge in [0.25, 0.3) is 0 Å². The van der Waals surface area contributed by atoms with E-state index in [1.54, 1.807) is 11.8 Å². The third-order valence-corrected chi connectivity index (χ3v) is 4.40. The lowest BCUT2D eigenvalue weighted by atomic mass is 9.90. The summed E-state index contributed by atoms with van der Waals surface area (Å²) in [5.41, 5.74) is 2.29. The standard InChI is InChI=1S/C18H26N2O3/c1-13(6-5-11-21)19-18(23)12-17-16-8-4-3-7-15(16)9-10-20(17)14(2)22/h3-4,7-8,13,17,21H,5-6,9-12H2,1-2H3,(H,19,23). The molecule has 5 nitrogen and oxygen atoms in total. The highest BCUT2D eigenvalue weighted by atomic mass is 16.3. The molecular weight excluding hydrogens is 292 g/mol. The maximum Gasteiger partial charge on any atom is 0.222 e. The molecule has 2 N–H and O–H groups in total. The first-order valence-electron chi connectivity index (χ1n) is 8.28. The first-order chi connectivity index (χ1) is 11.0. The van der Waals surface area contributed by atoms with Gasteiger partial charge in [-0.1, -0.05) is 24.3 Å². The van der Waals surface area contributed by atoms with Gasteiger partial charge in [0.2, 0.25) is 11.8 Å². The second kappa shape index (κ2) is 8.11. The van der Waals surface area contributed by atoms with Crippen LogP contribution in [0.3, 0.4) is 0 Å². The molecule has 0 aliphatic carbocycles. The minimum atomic E-state index is -0.192. The molecule has 0 fully saturated rings. The molecule has 1 heterocycles. The Morgan fingerprint density at radius 2 is 2.13 bits per heavy atom. The van der Waals surface area contributed by atoms with Crippen LogP contribution in [0, 0.1) is 0 Å². The lowest BCUT2D eigenvalue weighted by Gasteiger charge is -2.36. The Morgan fingerprint density at radius 1 is 1.39 bits per heavy atom. The molecule has 1 aromatic rings. The van der Waals surface area contributed by atoms with Gasteiger partial charge in [-0.15, -0.1) is 0 Å². The summed E-state index contributed by atoms with van der Waals surface area (Å²) in [6.45, 7) is 4.28. The molecule has 0 spiro atoms. The zero-order valence-corrected chi connectivity index (χ0v) is 13.9. The van der Waals surface area contributed by atoms with Gasteiger partial charge in [-0.05, 0) is 37.3 Å². The van der Waals surface area contributed by atoms with E-state index in [1.807, 2.05) is 25.1 Å². The van der Waals surface area contributed by atoms with E-state index in [1.165, 1.54) is 5.56 Å². The molecule has 0 radical (unpaired) electrons. The van der Waals surface area contributed by atoms with Crippen molar-refractivity contribution in [3.05, 3.63) is 35.4 Å². The van der Waals surface area contributed by atoms with Crippen molar-refractivity contribution in [2.75, 3.05) is 13.2 Å². The van der Waals surface area contributed by atoms with Crippen molar-refractivity contribution in [1.29, 1.82) is 0 Å². The van der Waals surface area contributed by atoms with E-state index in [0.29, 0.717) is 13.0 Å². The lowest BCUT2D eigenvalue weighted by molar-refractivity contribution is -0.133. The summed E-state index contributed by atoms with van der Waals surface area (Å²) < 4.78 is 0. The SMILES string of the molecule is CC(=O)N1CCc2ccccc2C1CC(=O)NC(C)CCCO. The fourth-order valence-corrected chi connectivity index (χ4v) is 3.23. The highest BCUT2D eigenvalue weighted by molar-refractivity contribution is 5.79. The van der Waals surface area contributed by atoms with Gasteiger partial charge >= 0.3 is 0 Å². The van der Waals surface area contributed by atoms with Crippen LogP contribution >= 0.6 is 0 Å². The average Bonchev–Trinajstić information content (AvgIpc) is 2.52. The van der Waals surface area contributed by atoms with E-state index in [0.717, 1.165) is 18.4 Å². The van der Waals surface area contributed by atoms with Crippen molar-refractivity contribution in [3.63, 3.8) is 0 Å². The van der Waals surface area contributed by atoms with Crippen LogP contribution in [0.2, 0.25) is 0 Å². The monoisotopic (exact) mass is 318 g/mol. The Kier molecular flexibility index (Phi) is 6.16. The summed E-state index contributed by atoms with van der Waals surface area (Å²) in [7, 11) is 0. The van der Waals surface area contributed by atoms with E-state index < -0.39 is 0 Å². The van der Waals surface area contributed by atoms with Gasteiger partial charge in [-0.25, -0.2) is 0 Å². The molecule has 126 valence electrons. The Hall–Kier alpha value is -1.88. The predicted molar refractivity (Wildman–Crippen MR) is 88.8 cm³/mol. The average molecular weight is 318 g/mol. The Bertz CT molecular complexity index is 559. The number of aliphatic hydroxyl groups excluding tert-OH is 1. The number of nitrogens with one attached hydrogen (secondary N) is 1. The van der Waals surface area contributed by atoms with Crippen LogP contribution in [0.25, 0.3) is 0 Å². The fourth-order valence-electron chi connectivity index (χ4n) is 3.23. The van der Waals surface area contributed by atoms with Crippen molar-refractivity contribution in [3.8, 4) is 0 Å². The summed E-state index contributed by atoms with van der Waals surface area (Å²) in [6.07, 6.45) is 2.54. The molecular formula is C18H26N2O3. The zero-order valence-electron chi connectivity index (χ0n) is 13.9. The lowest BCUT2D eigenvalue weighted by Crippen LogP contribution is -2.42. The van der Waals surface area contributed by atoms with Gasteiger partial charge in [0.05, 0.1) is 12.5 Å². The molecule has 5 heteroatoms. The number of hydrogen-bond acceptors (Lipinski definition) is 3. The first-order valence-corrected chi connectivity index (χ1v) is 8.28. The number of nitrogens with zero attached hydrogens (tertiary/aromatic N) is 1. The van der Waals surface area contributed by atoms with Gasteiger partial charge in [-0.2, -0.15) is 0 Å². The van der Waals surface area contributed by atoms with Gasteiger partial charge in [0, 0.05) is 26.1 Å². The number of benzene rings is 1. The number of fused-ring (bicyclic) bond motifs is 1. The maximum atomic E-state index is 12.4. The van der Waals surface area contributed by atoms with Crippen molar-refractivity contribution in [1.82, 2.24) is 10.2 Å². The van der Waals surface area contributed by atoms with Crippen molar-refractivity contribution in [2.45, 2.75) is 51.6 Å². The summed E-state index contributed by atoms with van der Waals surface area (Å²) in [4.78, 5) is 26.1. The molecule has 2 amide bonds. The molecule has 2 atom stereocenters. The topological polar surface area (TPSA) is 69.6 Å². The Balaban J connectivity index is 2.08. The van der Waals surface area contributed by atoms with Crippen LogP contribution in [0.4, 0.5) is 0 Å². The largest absolute Gasteiger partial charge is 0.396 e. The summed E-state index contributed by atoms with van der Waals surface area (Å²) in [5, 5.41) is 11.8. The molecule has 0 aromatic heterocycles. The first kappa shape index (κ1) is 17.5. The van der Waals surface area contributed by atoms with Gasteiger partial charge in [-0.3, -0.25) is 9.59 Å². The number of carbonyl (C=O) groups is 2. The minimum absolute atomic E-state index is 0.00521. The normalized spacial score (nSPS) is 18.2. The molecule has 0 saturated carbocycles. The summed E-state index contributed by atoms with van der Waals surface area (Å²) in [6, 6.07) is 7.87. The summed E-state index contributed by atoms with van der Waals surface area (Å²) >= 11 is 0.